The average molecular weight is 315 g/mol. The van der Waals surface area contributed by atoms with E-state index in [1.165, 1.54) is 0 Å². The number of benzene rings is 1. The highest BCUT2D eigenvalue weighted by Gasteiger charge is 2.40. The van der Waals surface area contributed by atoms with Crippen molar-refractivity contribution in [2.75, 3.05) is 0 Å². The molecule has 2 atom stereocenters. The van der Waals surface area contributed by atoms with E-state index >= 15 is 0 Å². The zero-order valence-electron chi connectivity index (χ0n) is 11.9. The molecule has 0 aromatic heterocycles. The molecule has 1 aromatic rings. The molecule has 6 heteroatoms. The smallest absolute Gasteiger partial charge is 0.311 e. The zero-order valence-corrected chi connectivity index (χ0v) is 11.9. The summed E-state index contributed by atoms with van der Waals surface area (Å²) in [6.45, 7) is 0. The van der Waals surface area contributed by atoms with Gasteiger partial charge in [-0.1, -0.05) is 6.42 Å². The van der Waals surface area contributed by atoms with Gasteiger partial charge in [-0.2, -0.15) is 13.2 Å². The second kappa shape index (κ2) is 5.65. The Morgan fingerprint density at radius 3 is 2.36 bits per heavy atom. The molecule has 2 aliphatic rings. The van der Waals surface area contributed by atoms with E-state index in [4.69, 9.17) is 0 Å². The Balaban J connectivity index is 1.89. The summed E-state index contributed by atoms with van der Waals surface area (Å²) in [6.07, 6.45) is -0.608. The molecule has 22 heavy (non-hydrogen) atoms. The Hall–Kier alpha value is -1.43. The quantitative estimate of drug-likeness (QED) is 0.661. The molecule has 1 aromatic carbocycles. The lowest BCUT2D eigenvalue weighted by molar-refractivity contribution is -0.138. The van der Waals surface area contributed by atoms with Crippen LogP contribution in [0.3, 0.4) is 0 Å². The minimum atomic E-state index is -4.73. The van der Waals surface area contributed by atoms with Crippen molar-refractivity contribution in [2.24, 2.45) is 5.92 Å². The second-order valence-corrected chi connectivity index (χ2v) is 6.21. The second-order valence-electron chi connectivity index (χ2n) is 6.21. The fraction of sp³-hybridized carbons (Fsp3) is 0.562. The Morgan fingerprint density at radius 2 is 1.77 bits per heavy atom. The van der Waals surface area contributed by atoms with Crippen molar-refractivity contribution in [3.8, 4) is 0 Å². The van der Waals surface area contributed by atoms with Crippen LogP contribution >= 0.6 is 0 Å². The molecular weight excluding hydrogens is 298 g/mol. The summed E-state index contributed by atoms with van der Waals surface area (Å²) in [5.74, 6) is -1.90. The number of ketones is 1. The van der Waals surface area contributed by atoms with Crippen LogP contribution in [0.15, 0.2) is 18.2 Å². The summed E-state index contributed by atoms with van der Waals surface area (Å²) < 4.78 is 52.3. The van der Waals surface area contributed by atoms with Crippen LogP contribution in [0.1, 0.15) is 48.0 Å². The van der Waals surface area contributed by atoms with Crippen LogP contribution in [0.2, 0.25) is 0 Å². The number of halogens is 4. The third-order valence-electron chi connectivity index (χ3n) is 4.64. The number of piperidine rings is 2. The van der Waals surface area contributed by atoms with Gasteiger partial charge in [-0.15, -0.1) is 0 Å². The van der Waals surface area contributed by atoms with Crippen LogP contribution in [0.25, 0.3) is 0 Å². The summed E-state index contributed by atoms with van der Waals surface area (Å²) in [6, 6.07) is 2.71. The van der Waals surface area contributed by atoms with Crippen molar-refractivity contribution in [1.82, 2.24) is 5.32 Å². The SMILES string of the molecule is O=C(c1ccc(F)cc1C(F)(F)F)C1CC2CCCC(C1)N2. The van der Waals surface area contributed by atoms with Gasteiger partial charge in [0.05, 0.1) is 5.56 Å². The number of Topliss-reactive ketones (excluding diaryl/α,β-unsaturated/α-hetero) is 1. The van der Waals surface area contributed by atoms with Crippen molar-refractivity contribution in [1.29, 1.82) is 0 Å². The van der Waals surface area contributed by atoms with Crippen molar-refractivity contribution < 1.29 is 22.4 Å². The third kappa shape index (κ3) is 3.02. The van der Waals surface area contributed by atoms with E-state index in [2.05, 4.69) is 5.32 Å². The van der Waals surface area contributed by atoms with Crippen LogP contribution in [-0.2, 0) is 6.18 Å². The first-order valence-corrected chi connectivity index (χ1v) is 7.51. The monoisotopic (exact) mass is 315 g/mol. The number of fused-ring (bicyclic) bond motifs is 2. The highest BCUT2D eigenvalue weighted by Crippen LogP contribution is 2.37. The molecule has 2 heterocycles. The number of nitrogens with one attached hydrogen (secondary N) is 1. The van der Waals surface area contributed by atoms with Crippen molar-refractivity contribution in [3.05, 3.63) is 35.1 Å². The number of carbonyl (C=O) groups excluding carboxylic acids is 1. The van der Waals surface area contributed by atoms with E-state index in [0.717, 1.165) is 31.4 Å². The first-order valence-electron chi connectivity index (χ1n) is 7.51. The lowest BCUT2D eigenvalue weighted by atomic mass is 9.76. The van der Waals surface area contributed by atoms with E-state index in [-0.39, 0.29) is 12.1 Å². The van der Waals surface area contributed by atoms with Gasteiger partial charge in [0.25, 0.3) is 0 Å². The van der Waals surface area contributed by atoms with Crippen LogP contribution in [0, 0.1) is 11.7 Å². The Kier molecular flexibility index (Phi) is 3.97. The molecule has 120 valence electrons. The minimum Gasteiger partial charge on any atom is -0.311 e. The highest BCUT2D eigenvalue weighted by molar-refractivity contribution is 5.99. The lowest BCUT2D eigenvalue weighted by Gasteiger charge is -2.40. The van der Waals surface area contributed by atoms with Gasteiger partial charge in [0, 0.05) is 23.6 Å². The molecule has 0 saturated carbocycles. The van der Waals surface area contributed by atoms with Gasteiger partial charge in [0.1, 0.15) is 5.82 Å². The largest absolute Gasteiger partial charge is 0.417 e. The number of hydrogen-bond donors (Lipinski definition) is 1. The van der Waals surface area contributed by atoms with E-state index in [1.54, 1.807) is 0 Å². The maximum absolute atomic E-state index is 13.1. The zero-order chi connectivity index (χ0) is 15.9. The van der Waals surface area contributed by atoms with Crippen LogP contribution < -0.4 is 5.32 Å². The molecule has 2 bridgehead atoms. The van der Waals surface area contributed by atoms with Crippen molar-refractivity contribution in [3.63, 3.8) is 0 Å². The molecule has 0 spiro atoms. The van der Waals surface area contributed by atoms with E-state index in [0.29, 0.717) is 18.9 Å². The summed E-state index contributed by atoms with van der Waals surface area (Å²) in [7, 11) is 0. The molecule has 2 nitrogen and oxygen atoms in total. The summed E-state index contributed by atoms with van der Waals surface area (Å²) in [5.41, 5.74) is -1.57. The molecular formula is C16H17F4NO. The molecule has 0 aliphatic carbocycles. The number of hydrogen-bond acceptors (Lipinski definition) is 2. The molecule has 3 rings (SSSR count). The molecule has 2 fully saturated rings. The van der Waals surface area contributed by atoms with E-state index < -0.39 is 34.8 Å². The van der Waals surface area contributed by atoms with Crippen LogP contribution in [-0.4, -0.2) is 17.9 Å². The molecule has 1 N–H and O–H groups in total. The summed E-state index contributed by atoms with van der Waals surface area (Å²) in [5, 5.41) is 3.41. The predicted molar refractivity (Wildman–Crippen MR) is 73.0 cm³/mol. The van der Waals surface area contributed by atoms with Gasteiger partial charge in [0.2, 0.25) is 0 Å². The first kappa shape index (κ1) is 15.5. The number of rotatable bonds is 2. The van der Waals surface area contributed by atoms with Crippen molar-refractivity contribution in [2.45, 2.75) is 50.4 Å². The van der Waals surface area contributed by atoms with Crippen molar-refractivity contribution >= 4 is 5.78 Å². The topological polar surface area (TPSA) is 29.1 Å². The van der Waals surface area contributed by atoms with E-state index in [9.17, 15) is 22.4 Å². The fourth-order valence-electron chi connectivity index (χ4n) is 3.67. The van der Waals surface area contributed by atoms with Gasteiger partial charge in [-0.25, -0.2) is 4.39 Å². The maximum atomic E-state index is 13.1. The predicted octanol–water partition coefficient (Wildman–Crippen LogP) is 3.95. The van der Waals surface area contributed by atoms with Gasteiger partial charge in [-0.3, -0.25) is 4.79 Å². The summed E-state index contributed by atoms with van der Waals surface area (Å²) in [4.78, 5) is 12.6. The number of carbonyl (C=O) groups is 1. The Morgan fingerprint density at radius 1 is 1.14 bits per heavy atom. The van der Waals surface area contributed by atoms with E-state index in [1.807, 2.05) is 0 Å². The Bertz CT molecular complexity index is 572. The van der Waals surface area contributed by atoms with Gasteiger partial charge >= 0.3 is 6.18 Å². The average Bonchev–Trinajstić information content (AvgIpc) is 2.45. The fourth-order valence-corrected chi connectivity index (χ4v) is 3.67. The third-order valence-corrected chi connectivity index (χ3v) is 4.64. The van der Waals surface area contributed by atoms with Crippen LogP contribution in [0.4, 0.5) is 17.6 Å². The minimum absolute atomic E-state index is 0.205. The molecule has 0 amide bonds. The van der Waals surface area contributed by atoms with Gasteiger partial charge in [0.15, 0.2) is 5.78 Å². The molecule has 2 aliphatic heterocycles. The highest BCUT2D eigenvalue weighted by atomic mass is 19.4. The van der Waals surface area contributed by atoms with Gasteiger partial charge in [-0.05, 0) is 43.9 Å². The normalized spacial score (nSPS) is 28.5. The molecule has 2 saturated heterocycles. The number of alkyl halides is 3. The standard InChI is InChI=1S/C16H17F4NO/c17-10-4-5-13(14(8-10)16(18,19)20)15(22)9-6-11-2-1-3-12(7-9)21-11/h4-5,8-9,11-12,21H,1-3,6-7H2. The Labute approximate surface area is 125 Å². The molecule has 0 radical (unpaired) electrons. The first-order chi connectivity index (χ1) is 10.3. The summed E-state index contributed by atoms with van der Waals surface area (Å²) >= 11 is 0. The molecule has 2 unspecified atom stereocenters. The van der Waals surface area contributed by atoms with Crippen LogP contribution in [0.5, 0.6) is 0 Å². The van der Waals surface area contributed by atoms with Gasteiger partial charge < -0.3 is 5.32 Å². The maximum Gasteiger partial charge on any atom is 0.417 e. The lowest BCUT2D eigenvalue weighted by Crippen LogP contribution is -2.50.